The van der Waals surface area contributed by atoms with Crippen LogP contribution in [0.2, 0.25) is 0 Å². The van der Waals surface area contributed by atoms with Crippen LogP contribution in [0.15, 0.2) is 30.5 Å². The molecule has 3 heteroatoms. The molecule has 0 spiro atoms. The van der Waals surface area contributed by atoms with Gasteiger partial charge < -0.3 is 5.32 Å². The molecule has 1 aromatic heterocycles. The molecule has 1 heterocycles. The molecule has 3 rings (SSSR count). The van der Waals surface area contributed by atoms with Crippen LogP contribution in [0.25, 0.3) is 0 Å². The highest BCUT2D eigenvalue weighted by atomic mass is 15.3. The van der Waals surface area contributed by atoms with E-state index < -0.39 is 0 Å². The standard InChI is InChI=1S/C17H23N3/c1-12-4-6-14(7-5-12)17(15-8-9-15)18-10-16-11-20(3)19-13(16)2/h4-7,11,15,17-18H,8-10H2,1-3H3. The summed E-state index contributed by atoms with van der Waals surface area (Å²) >= 11 is 0. The van der Waals surface area contributed by atoms with E-state index in [0.29, 0.717) is 6.04 Å². The van der Waals surface area contributed by atoms with Crippen molar-refractivity contribution in [3.8, 4) is 0 Å². The maximum absolute atomic E-state index is 4.41. The third kappa shape index (κ3) is 2.93. The third-order valence-electron chi connectivity index (χ3n) is 4.16. The van der Waals surface area contributed by atoms with E-state index in [1.165, 1.54) is 29.5 Å². The molecule has 20 heavy (non-hydrogen) atoms. The fourth-order valence-electron chi connectivity index (χ4n) is 2.80. The molecule has 1 aliphatic rings. The van der Waals surface area contributed by atoms with Gasteiger partial charge in [0.2, 0.25) is 0 Å². The number of nitrogens with one attached hydrogen (secondary N) is 1. The average Bonchev–Trinajstić information content (AvgIpc) is 3.19. The van der Waals surface area contributed by atoms with Crippen LogP contribution in [0.1, 0.15) is 41.3 Å². The number of aryl methyl sites for hydroxylation is 3. The van der Waals surface area contributed by atoms with Gasteiger partial charge in [-0.2, -0.15) is 5.10 Å². The molecule has 106 valence electrons. The zero-order valence-electron chi connectivity index (χ0n) is 12.6. The highest BCUT2D eigenvalue weighted by molar-refractivity contribution is 5.26. The molecule has 1 fully saturated rings. The van der Waals surface area contributed by atoms with Crippen molar-refractivity contribution in [2.45, 2.75) is 39.3 Å². The van der Waals surface area contributed by atoms with E-state index >= 15 is 0 Å². The van der Waals surface area contributed by atoms with Gasteiger partial charge in [0.15, 0.2) is 0 Å². The molecule has 0 aliphatic heterocycles. The Labute approximate surface area is 121 Å². The molecule has 1 saturated carbocycles. The number of aromatic nitrogens is 2. The van der Waals surface area contributed by atoms with Gasteiger partial charge in [-0.05, 0) is 38.2 Å². The summed E-state index contributed by atoms with van der Waals surface area (Å²) in [5.74, 6) is 0.801. The lowest BCUT2D eigenvalue weighted by molar-refractivity contribution is 0.479. The van der Waals surface area contributed by atoms with Crippen LogP contribution in [0, 0.1) is 19.8 Å². The minimum absolute atomic E-state index is 0.482. The van der Waals surface area contributed by atoms with Crippen molar-refractivity contribution in [1.82, 2.24) is 15.1 Å². The van der Waals surface area contributed by atoms with Gasteiger partial charge in [0.05, 0.1) is 5.69 Å². The van der Waals surface area contributed by atoms with E-state index in [9.17, 15) is 0 Å². The number of benzene rings is 1. The second-order valence-electron chi connectivity index (χ2n) is 6.02. The molecule has 1 unspecified atom stereocenters. The summed E-state index contributed by atoms with van der Waals surface area (Å²) in [6, 6.07) is 9.43. The lowest BCUT2D eigenvalue weighted by Crippen LogP contribution is -2.22. The largest absolute Gasteiger partial charge is 0.305 e. The van der Waals surface area contributed by atoms with Crippen LogP contribution < -0.4 is 5.32 Å². The molecule has 0 bridgehead atoms. The van der Waals surface area contributed by atoms with Crippen LogP contribution >= 0.6 is 0 Å². The monoisotopic (exact) mass is 269 g/mol. The highest BCUT2D eigenvalue weighted by Gasteiger charge is 2.31. The van der Waals surface area contributed by atoms with Crippen molar-refractivity contribution in [2.24, 2.45) is 13.0 Å². The van der Waals surface area contributed by atoms with E-state index in [0.717, 1.165) is 18.2 Å². The topological polar surface area (TPSA) is 29.9 Å². The molecular weight excluding hydrogens is 246 g/mol. The van der Waals surface area contributed by atoms with Gasteiger partial charge >= 0.3 is 0 Å². The molecule has 2 aromatic rings. The summed E-state index contributed by atoms with van der Waals surface area (Å²) in [6.45, 7) is 5.12. The van der Waals surface area contributed by atoms with Crippen LogP contribution in [0.4, 0.5) is 0 Å². The van der Waals surface area contributed by atoms with E-state index in [4.69, 9.17) is 0 Å². The summed E-state index contributed by atoms with van der Waals surface area (Å²) in [5, 5.41) is 8.15. The fourth-order valence-corrected chi connectivity index (χ4v) is 2.80. The van der Waals surface area contributed by atoms with E-state index in [2.05, 4.69) is 54.7 Å². The van der Waals surface area contributed by atoms with Gasteiger partial charge in [-0.1, -0.05) is 29.8 Å². The summed E-state index contributed by atoms with van der Waals surface area (Å²) in [7, 11) is 1.98. The Kier molecular flexibility index (Phi) is 3.62. The van der Waals surface area contributed by atoms with Crippen molar-refractivity contribution < 1.29 is 0 Å². The van der Waals surface area contributed by atoms with Crippen LogP contribution in [0.5, 0.6) is 0 Å². The average molecular weight is 269 g/mol. The molecule has 0 radical (unpaired) electrons. The van der Waals surface area contributed by atoms with E-state index in [-0.39, 0.29) is 0 Å². The SMILES string of the molecule is Cc1ccc(C(NCc2cn(C)nc2C)C2CC2)cc1. The van der Waals surface area contributed by atoms with Gasteiger partial charge in [0, 0.05) is 31.4 Å². The highest BCUT2D eigenvalue weighted by Crippen LogP contribution is 2.41. The first-order valence-corrected chi connectivity index (χ1v) is 7.42. The number of hydrogen-bond acceptors (Lipinski definition) is 2. The Morgan fingerprint density at radius 1 is 1.25 bits per heavy atom. The Morgan fingerprint density at radius 2 is 1.95 bits per heavy atom. The first-order chi connectivity index (χ1) is 9.63. The van der Waals surface area contributed by atoms with Crippen LogP contribution in [0.3, 0.4) is 0 Å². The lowest BCUT2D eigenvalue weighted by Gasteiger charge is -2.19. The Bertz CT molecular complexity index is 579. The van der Waals surface area contributed by atoms with E-state index in [1.54, 1.807) is 0 Å². The summed E-state index contributed by atoms with van der Waals surface area (Å²) in [4.78, 5) is 0. The molecule has 3 nitrogen and oxygen atoms in total. The quantitative estimate of drug-likeness (QED) is 0.902. The smallest absolute Gasteiger partial charge is 0.0638 e. The number of rotatable bonds is 5. The minimum Gasteiger partial charge on any atom is -0.305 e. The zero-order valence-corrected chi connectivity index (χ0v) is 12.6. The number of hydrogen-bond donors (Lipinski definition) is 1. The first kappa shape index (κ1) is 13.4. The second-order valence-corrected chi connectivity index (χ2v) is 6.02. The predicted octanol–water partition coefficient (Wildman–Crippen LogP) is 3.28. The molecule has 1 atom stereocenters. The van der Waals surface area contributed by atoms with Gasteiger partial charge in [0.25, 0.3) is 0 Å². The zero-order chi connectivity index (χ0) is 14.1. The normalized spacial score (nSPS) is 16.4. The summed E-state index contributed by atoms with van der Waals surface area (Å²) in [5.41, 5.74) is 5.16. The predicted molar refractivity (Wildman–Crippen MR) is 81.4 cm³/mol. The molecule has 0 saturated heterocycles. The third-order valence-corrected chi connectivity index (χ3v) is 4.16. The molecule has 1 aromatic carbocycles. The second kappa shape index (κ2) is 5.41. The van der Waals surface area contributed by atoms with Crippen molar-refractivity contribution in [1.29, 1.82) is 0 Å². The van der Waals surface area contributed by atoms with Gasteiger partial charge in [-0.15, -0.1) is 0 Å². The minimum atomic E-state index is 0.482. The van der Waals surface area contributed by atoms with Crippen LogP contribution in [-0.4, -0.2) is 9.78 Å². The van der Waals surface area contributed by atoms with Gasteiger partial charge in [-0.3, -0.25) is 4.68 Å². The number of nitrogens with zero attached hydrogens (tertiary/aromatic N) is 2. The fraction of sp³-hybridized carbons (Fsp3) is 0.471. The van der Waals surface area contributed by atoms with Crippen LogP contribution in [-0.2, 0) is 13.6 Å². The molecular formula is C17H23N3. The van der Waals surface area contributed by atoms with E-state index in [1.807, 2.05) is 11.7 Å². The lowest BCUT2D eigenvalue weighted by atomic mass is 10.0. The summed E-state index contributed by atoms with van der Waals surface area (Å²) in [6.07, 6.45) is 4.80. The molecule has 1 N–H and O–H groups in total. The van der Waals surface area contributed by atoms with Crippen molar-refractivity contribution >= 4 is 0 Å². The maximum atomic E-state index is 4.41. The van der Waals surface area contributed by atoms with Crippen molar-refractivity contribution in [3.63, 3.8) is 0 Å². The maximum Gasteiger partial charge on any atom is 0.0638 e. The Morgan fingerprint density at radius 3 is 2.50 bits per heavy atom. The van der Waals surface area contributed by atoms with Gasteiger partial charge in [-0.25, -0.2) is 0 Å². The summed E-state index contributed by atoms with van der Waals surface area (Å²) < 4.78 is 1.89. The first-order valence-electron chi connectivity index (χ1n) is 7.42. The molecule has 0 amide bonds. The van der Waals surface area contributed by atoms with Crippen molar-refractivity contribution in [3.05, 3.63) is 52.8 Å². The van der Waals surface area contributed by atoms with Gasteiger partial charge in [0.1, 0.15) is 0 Å². The van der Waals surface area contributed by atoms with Crippen molar-refractivity contribution in [2.75, 3.05) is 0 Å². The Hall–Kier alpha value is -1.61. The Balaban J connectivity index is 1.72. The molecule has 1 aliphatic carbocycles.